The van der Waals surface area contributed by atoms with Crippen LogP contribution in [0.25, 0.3) is 10.9 Å². The number of nitrogens with one attached hydrogen (secondary N) is 3. The number of rotatable bonds is 14. The van der Waals surface area contributed by atoms with E-state index in [4.69, 9.17) is 9.47 Å². The molecule has 8 rings (SSSR count). The Bertz CT molecular complexity index is 2360. The molecule has 15 heteroatoms. The predicted molar refractivity (Wildman–Crippen MR) is 228 cm³/mol. The number of pyridine rings is 1. The lowest BCUT2D eigenvalue weighted by atomic mass is 9.73. The molecular weight excluding hydrogens is 796 g/mol. The average Bonchev–Trinajstić information content (AvgIpc) is 3.54. The van der Waals surface area contributed by atoms with Crippen LogP contribution in [-0.4, -0.2) is 95.2 Å². The quantitative estimate of drug-likeness (QED) is 0.0977. The van der Waals surface area contributed by atoms with E-state index in [1.807, 2.05) is 42.2 Å². The highest BCUT2D eigenvalue weighted by molar-refractivity contribution is 6.25. The number of hydrogen-bond donors (Lipinski definition) is 3. The molecule has 324 valence electrons. The summed E-state index contributed by atoms with van der Waals surface area (Å²) in [5.74, 6) is -1.39. The maximum absolute atomic E-state index is 14.0. The van der Waals surface area contributed by atoms with Crippen molar-refractivity contribution >= 4 is 57.7 Å². The molecule has 3 N–H and O–H groups in total. The van der Waals surface area contributed by atoms with Crippen LogP contribution in [0.5, 0.6) is 5.75 Å². The fraction of sp³-hybridized carbons (Fsp3) is 0.426. The van der Waals surface area contributed by atoms with Crippen LogP contribution in [0.2, 0.25) is 0 Å². The van der Waals surface area contributed by atoms with Gasteiger partial charge < -0.3 is 25.0 Å². The van der Waals surface area contributed by atoms with Gasteiger partial charge in [0, 0.05) is 67.8 Å². The average molecular weight is 847 g/mol. The van der Waals surface area contributed by atoms with E-state index in [1.54, 1.807) is 30.5 Å². The molecule has 0 spiro atoms. The molecule has 2 atom stereocenters. The number of benzene rings is 3. The molecule has 1 saturated carbocycles. The Hall–Kier alpha value is -6.22. The van der Waals surface area contributed by atoms with E-state index in [9.17, 15) is 33.2 Å². The Morgan fingerprint density at radius 1 is 0.903 bits per heavy atom. The van der Waals surface area contributed by atoms with Gasteiger partial charge in [-0.2, -0.15) is 0 Å². The van der Waals surface area contributed by atoms with Crippen molar-refractivity contribution in [1.29, 1.82) is 0 Å². The summed E-state index contributed by atoms with van der Waals surface area (Å²) in [4.78, 5) is 83.7. The van der Waals surface area contributed by atoms with Gasteiger partial charge in [0.1, 0.15) is 23.7 Å². The SMILES string of the molecule is C[C@@H](C(=O)Nc1ccc(OC2CCN(C(=O)CCOCCNc3cccc4c3C(=O)N(C3CCC(=O)NC3=O)C4=O)CC2)cc1)C1CCC(c2ccnc3ccc(F)cc23)CC1. The number of halogens is 1. The standard InChI is InChI=1S/C47H51FN6O8/c1-28(29-5-7-30(8-6-29)35-17-21-49-38-14-9-31(48)27-37(35)38)44(57)51-32-10-12-33(13-11-32)62-34-18-23-53(24-19-34)42(56)20-25-61-26-22-50-39-4-2-3-36-43(39)47(60)54(46(36)59)40-15-16-41(55)52-45(40)58/h2-4,9-14,17,21,27-30,34,40,50H,5-8,15-16,18-20,22-26H2,1H3,(H,51,57)(H,52,55,58)/t28-,29?,30?,40?/m1/s1. The molecule has 3 aliphatic heterocycles. The molecule has 2 saturated heterocycles. The van der Waals surface area contributed by atoms with E-state index < -0.39 is 29.7 Å². The van der Waals surface area contributed by atoms with Gasteiger partial charge in [-0.05, 0) is 110 Å². The Morgan fingerprint density at radius 3 is 2.44 bits per heavy atom. The molecule has 3 aromatic carbocycles. The highest BCUT2D eigenvalue weighted by Gasteiger charge is 2.45. The molecule has 4 aromatic rings. The highest BCUT2D eigenvalue weighted by atomic mass is 19.1. The fourth-order valence-electron chi connectivity index (χ4n) is 9.27. The summed E-state index contributed by atoms with van der Waals surface area (Å²) in [6, 6.07) is 18.0. The van der Waals surface area contributed by atoms with Gasteiger partial charge >= 0.3 is 0 Å². The third-order valence-electron chi connectivity index (χ3n) is 12.8. The highest BCUT2D eigenvalue weighted by Crippen LogP contribution is 2.41. The van der Waals surface area contributed by atoms with Crippen LogP contribution in [0.1, 0.15) is 96.9 Å². The molecule has 0 radical (unpaired) electrons. The summed E-state index contributed by atoms with van der Waals surface area (Å²) < 4.78 is 26.0. The number of likely N-dealkylation sites (tertiary alicyclic amines) is 1. The van der Waals surface area contributed by atoms with Gasteiger partial charge in [-0.25, -0.2) is 4.39 Å². The lowest BCUT2D eigenvalue weighted by Crippen LogP contribution is -2.54. The van der Waals surface area contributed by atoms with Gasteiger partial charge in [-0.1, -0.05) is 13.0 Å². The van der Waals surface area contributed by atoms with E-state index in [2.05, 4.69) is 20.9 Å². The second kappa shape index (κ2) is 18.8. The van der Waals surface area contributed by atoms with Crippen molar-refractivity contribution in [2.45, 2.75) is 82.8 Å². The normalized spacial score (nSPS) is 21.1. The van der Waals surface area contributed by atoms with Crippen LogP contribution in [0.15, 0.2) is 72.9 Å². The Balaban J connectivity index is 0.712. The van der Waals surface area contributed by atoms with Crippen molar-refractivity contribution in [2.75, 3.05) is 43.5 Å². The summed E-state index contributed by atoms with van der Waals surface area (Å²) >= 11 is 0. The molecule has 14 nitrogen and oxygen atoms in total. The summed E-state index contributed by atoms with van der Waals surface area (Å²) in [5, 5.41) is 9.28. The second-order valence-electron chi connectivity index (χ2n) is 16.6. The number of hydrogen-bond acceptors (Lipinski definition) is 10. The van der Waals surface area contributed by atoms with Crippen LogP contribution in [0, 0.1) is 17.7 Å². The number of aromatic nitrogens is 1. The Kier molecular flexibility index (Phi) is 12.9. The number of imide groups is 2. The van der Waals surface area contributed by atoms with Gasteiger partial charge in [0.25, 0.3) is 11.8 Å². The summed E-state index contributed by atoms with van der Waals surface area (Å²) in [6.07, 6.45) is 7.21. The number of carbonyl (C=O) groups is 6. The smallest absolute Gasteiger partial charge is 0.264 e. The first-order valence-corrected chi connectivity index (χ1v) is 21.6. The van der Waals surface area contributed by atoms with E-state index in [0.29, 0.717) is 55.5 Å². The maximum Gasteiger partial charge on any atom is 0.264 e. The van der Waals surface area contributed by atoms with Crippen LogP contribution in [-0.2, 0) is 23.9 Å². The van der Waals surface area contributed by atoms with Gasteiger partial charge in [0.05, 0.1) is 36.3 Å². The fourth-order valence-corrected chi connectivity index (χ4v) is 9.27. The number of fused-ring (bicyclic) bond motifs is 2. The van der Waals surface area contributed by atoms with Crippen molar-refractivity contribution in [2.24, 2.45) is 11.8 Å². The van der Waals surface area contributed by atoms with Crippen LogP contribution in [0.4, 0.5) is 15.8 Å². The van der Waals surface area contributed by atoms with E-state index >= 15 is 0 Å². The van der Waals surface area contributed by atoms with Crippen molar-refractivity contribution in [3.8, 4) is 5.75 Å². The molecule has 0 bridgehead atoms. The first-order chi connectivity index (χ1) is 30.0. The van der Waals surface area contributed by atoms with Gasteiger partial charge in [-0.15, -0.1) is 0 Å². The van der Waals surface area contributed by atoms with Crippen molar-refractivity contribution < 1.29 is 42.6 Å². The van der Waals surface area contributed by atoms with Crippen LogP contribution in [0.3, 0.4) is 0 Å². The minimum Gasteiger partial charge on any atom is -0.490 e. The van der Waals surface area contributed by atoms with E-state index in [0.717, 1.165) is 47.0 Å². The lowest BCUT2D eigenvalue weighted by Gasteiger charge is -2.32. The van der Waals surface area contributed by atoms with Gasteiger partial charge in [0.2, 0.25) is 23.6 Å². The zero-order chi connectivity index (χ0) is 43.3. The molecule has 1 aliphatic carbocycles. The molecule has 4 heterocycles. The minimum atomic E-state index is -1.04. The van der Waals surface area contributed by atoms with Crippen molar-refractivity contribution in [3.05, 3.63) is 95.4 Å². The molecule has 1 unspecified atom stereocenters. The maximum atomic E-state index is 14.0. The number of anilines is 2. The van der Waals surface area contributed by atoms with Crippen LogP contribution < -0.4 is 20.7 Å². The number of nitrogens with zero attached hydrogens (tertiary/aromatic N) is 3. The number of carbonyl (C=O) groups excluding carboxylic acids is 6. The number of piperidine rings is 2. The largest absolute Gasteiger partial charge is 0.490 e. The van der Waals surface area contributed by atoms with E-state index in [1.165, 1.54) is 12.1 Å². The topological polar surface area (TPSA) is 176 Å². The predicted octanol–water partition coefficient (Wildman–Crippen LogP) is 6.21. The first-order valence-electron chi connectivity index (χ1n) is 21.6. The zero-order valence-corrected chi connectivity index (χ0v) is 34.7. The zero-order valence-electron chi connectivity index (χ0n) is 34.7. The number of amides is 6. The summed E-state index contributed by atoms with van der Waals surface area (Å²) in [7, 11) is 0. The van der Waals surface area contributed by atoms with Crippen molar-refractivity contribution in [3.63, 3.8) is 0 Å². The lowest BCUT2D eigenvalue weighted by molar-refractivity contribution is -0.136. The van der Waals surface area contributed by atoms with Crippen LogP contribution >= 0.6 is 0 Å². The molecule has 4 aliphatic rings. The van der Waals surface area contributed by atoms with Gasteiger partial charge in [0.15, 0.2) is 0 Å². The minimum absolute atomic E-state index is 0.00337. The monoisotopic (exact) mass is 846 g/mol. The summed E-state index contributed by atoms with van der Waals surface area (Å²) in [5.41, 5.74) is 3.46. The molecule has 6 amide bonds. The number of ether oxygens (including phenoxy) is 2. The second-order valence-corrected chi connectivity index (χ2v) is 16.6. The Morgan fingerprint density at radius 2 is 1.68 bits per heavy atom. The molecule has 1 aromatic heterocycles. The first kappa shape index (κ1) is 42.5. The molecule has 3 fully saturated rings. The van der Waals surface area contributed by atoms with E-state index in [-0.39, 0.29) is 79.2 Å². The molecular formula is C47H51FN6O8. The Labute approximate surface area is 358 Å². The van der Waals surface area contributed by atoms with Crippen molar-refractivity contribution in [1.82, 2.24) is 20.1 Å². The third kappa shape index (κ3) is 9.32. The summed E-state index contributed by atoms with van der Waals surface area (Å²) in [6.45, 7) is 3.92. The van der Waals surface area contributed by atoms with Gasteiger partial charge in [-0.3, -0.25) is 44.0 Å². The molecule has 62 heavy (non-hydrogen) atoms. The third-order valence-corrected chi connectivity index (χ3v) is 12.8.